The Kier molecular flexibility index (Phi) is 9.61. The largest absolute Gasteiger partial charge is 0.477 e. The van der Waals surface area contributed by atoms with Gasteiger partial charge in [0.2, 0.25) is 5.43 Å². The van der Waals surface area contributed by atoms with Crippen LogP contribution in [0.3, 0.4) is 0 Å². The smallest absolute Gasteiger partial charge is 0.341 e. The summed E-state index contributed by atoms with van der Waals surface area (Å²) in [5.74, 6) is -2.85. The standard InChI is InChI=1S/C25H31FN4O7S/c1-4-28-14-16(23(33)34)22(32)15-12-17(26)20(13-19(15)28)29-8-10-30(11-9-29)25(38)27-18(24(35)37-3)6-5-7-21(31)36-2/h12-14,18H,4-11H2,1-3H3,(H,27,38)(H,33,34)/t18-/m1/s1. The van der Waals surface area contributed by atoms with Gasteiger partial charge in [0.05, 0.1) is 25.4 Å². The highest BCUT2D eigenvalue weighted by Gasteiger charge is 2.26. The van der Waals surface area contributed by atoms with Gasteiger partial charge < -0.3 is 34.3 Å². The first-order chi connectivity index (χ1) is 18.1. The highest BCUT2D eigenvalue weighted by molar-refractivity contribution is 7.80. The predicted molar refractivity (Wildman–Crippen MR) is 142 cm³/mol. The van der Waals surface area contributed by atoms with E-state index in [2.05, 4.69) is 10.1 Å². The molecule has 1 atom stereocenters. The maximum absolute atomic E-state index is 15.1. The number of hydrogen-bond acceptors (Lipinski definition) is 8. The van der Waals surface area contributed by atoms with E-state index in [1.165, 1.54) is 20.4 Å². The summed E-state index contributed by atoms with van der Waals surface area (Å²) in [6.07, 6.45) is 2.18. The molecule has 0 spiro atoms. The van der Waals surface area contributed by atoms with Gasteiger partial charge in [-0.15, -0.1) is 0 Å². The van der Waals surface area contributed by atoms with Crippen LogP contribution >= 0.6 is 12.2 Å². The van der Waals surface area contributed by atoms with Gasteiger partial charge in [-0.25, -0.2) is 14.0 Å². The van der Waals surface area contributed by atoms with Crippen molar-refractivity contribution in [3.63, 3.8) is 0 Å². The quantitative estimate of drug-likeness (QED) is 0.350. The van der Waals surface area contributed by atoms with Gasteiger partial charge in [0.25, 0.3) is 0 Å². The van der Waals surface area contributed by atoms with E-state index in [9.17, 15) is 24.3 Å². The van der Waals surface area contributed by atoms with E-state index in [-0.39, 0.29) is 17.8 Å². The number of carboxylic acid groups (broad SMARTS) is 1. The van der Waals surface area contributed by atoms with Crippen LogP contribution in [0, 0.1) is 5.82 Å². The van der Waals surface area contributed by atoms with Crippen LogP contribution in [-0.4, -0.2) is 84.0 Å². The predicted octanol–water partition coefficient (Wildman–Crippen LogP) is 1.74. The normalized spacial score (nSPS) is 14.2. The molecule has 0 radical (unpaired) electrons. The average molecular weight is 551 g/mol. The van der Waals surface area contributed by atoms with Gasteiger partial charge >= 0.3 is 17.9 Å². The summed E-state index contributed by atoms with van der Waals surface area (Å²) in [5.41, 5.74) is -0.380. The van der Waals surface area contributed by atoms with Crippen molar-refractivity contribution in [1.29, 1.82) is 0 Å². The second kappa shape index (κ2) is 12.7. The zero-order valence-electron chi connectivity index (χ0n) is 21.5. The number of ether oxygens (including phenoxy) is 2. The number of thiocarbonyl (C=S) groups is 1. The van der Waals surface area contributed by atoms with E-state index in [1.807, 2.05) is 16.7 Å². The minimum atomic E-state index is -1.36. The fraction of sp³-hybridized carbons (Fsp3) is 0.480. The number of esters is 2. The topological polar surface area (TPSA) is 130 Å². The van der Waals surface area contributed by atoms with Crippen LogP contribution in [0.4, 0.5) is 10.1 Å². The lowest BCUT2D eigenvalue weighted by molar-refractivity contribution is -0.144. The number of carbonyl (C=O) groups excluding carboxylic acids is 2. The molecule has 11 nitrogen and oxygen atoms in total. The molecule has 38 heavy (non-hydrogen) atoms. The molecule has 13 heteroatoms. The molecule has 2 aromatic rings. The number of rotatable bonds is 9. The van der Waals surface area contributed by atoms with Crippen LogP contribution in [0.1, 0.15) is 36.5 Å². The summed E-state index contributed by atoms with van der Waals surface area (Å²) >= 11 is 5.50. The summed E-state index contributed by atoms with van der Waals surface area (Å²) in [6.45, 7) is 3.92. The number of nitrogens with zero attached hydrogens (tertiary/aromatic N) is 3. The number of benzene rings is 1. The van der Waals surface area contributed by atoms with Gasteiger partial charge in [0.15, 0.2) is 5.11 Å². The number of carboxylic acids is 1. The molecule has 206 valence electrons. The number of nitrogens with one attached hydrogen (secondary N) is 1. The zero-order chi connectivity index (χ0) is 28.0. The van der Waals surface area contributed by atoms with Gasteiger partial charge in [0, 0.05) is 50.7 Å². The maximum Gasteiger partial charge on any atom is 0.341 e. The first-order valence-corrected chi connectivity index (χ1v) is 12.6. The summed E-state index contributed by atoms with van der Waals surface area (Å²) in [6, 6.07) is 1.94. The zero-order valence-corrected chi connectivity index (χ0v) is 22.3. The third-order valence-electron chi connectivity index (χ3n) is 6.51. The number of halogens is 1. The third kappa shape index (κ3) is 6.39. The Morgan fingerprint density at radius 1 is 1.16 bits per heavy atom. The molecule has 0 aliphatic carbocycles. The Balaban J connectivity index is 1.71. The van der Waals surface area contributed by atoms with Crippen molar-refractivity contribution >= 4 is 51.8 Å². The molecule has 3 rings (SSSR count). The van der Waals surface area contributed by atoms with Crippen LogP contribution in [0.5, 0.6) is 0 Å². The van der Waals surface area contributed by atoms with E-state index in [1.54, 1.807) is 10.6 Å². The van der Waals surface area contributed by atoms with Gasteiger partial charge in [-0.2, -0.15) is 0 Å². The molecule has 2 N–H and O–H groups in total. The molecule has 1 aliphatic rings. The van der Waals surface area contributed by atoms with Gasteiger partial charge in [0.1, 0.15) is 17.4 Å². The lowest BCUT2D eigenvalue weighted by Crippen LogP contribution is -2.54. The number of fused-ring (bicyclic) bond motifs is 1. The fourth-order valence-corrected chi connectivity index (χ4v) is 4.72. The molecular weight excluding hydrogens is 519 g/mol. The molecule has 1 aromatic carbocycles. The van der Waals surface area contributed by atoms with Crippen molar-refractivity contribution in [2.45, 2.75) is 38.8 Å². The number of aromatic carboxylic acids is 1. The number of aryl methyl sites for hydroxylation is 1. The van der Waals surface area contributed by atoms with Crippen LogP contribution < -0.4 is 15.6 Å². The Morgan fingerprint density at radius 3 is 2.42 bits per heavy atom. The average Bonchev–Trinajstić information content (AvgIpc) is 2.91. The van der Waals surface area contributed by atoms with Crippen molar-refractivity contribution in [2.24, 2.45) is 0 Å². The number of carbonyl (C=O) groups is 3. The Morgan fingerprint density at radius 2 is 1.84 bits per heavy atom. The Labute approximate surface area is 224 Å². The van der Waals surface area contributed by atoms with Crippen LogP contribution in [0.25, 0.3) is 10.9 Å². The van der Waals surface area contributed by atoms with E-state index in [4.69, 9.17) is 17.0 Å². The van der Waals surface area contributed by atoms with Crippen LogP contribution in [0.2, 0.25) is 0 Å². The molecule has 0 bridgehead atoms. The third-order valence-corrected chi connectivity index (χ3v) is 6.89. The minimum Gasteiger partial charge on any atom is -0.477 e. The molecule has 0 amide bonds. The van der Waals surface area contributed by atoms with Crippen molar-refractivity contribution < 1.29 is 33.4 Å². The number of methoxy groups -OCH3 is 2. The second-order valence-corrected chi connectivity index (χ2v) is 9.14. The van der Waals surface area contributed by atoms with Crippen molar-refractivity contribution in [2.75, 3.05) is 45.3 Å². The fourth-order valence-electron chi connectivity index (χ4n) is 4.39. The first kappa shape index (κ1) is 28.8. The van der Waals surface area contributed by atoms with E-state index in [0.29, 0.717) is 61.9 Å². The maximum atomic E-state index is 15.1. The monoisotopic (exact) mass is 550 g/mol. The summed E-state index contributed by atoms with van der Waals surface area (Å²) in [5, 5.41) is 12.7. The van der Waals surface area contributed by atoms with Gasteiger partial charge in [-0.3, -0.25) is 9.59 Å². The second-order valence-electron chi connectivity index (χ2n) is 8.75. The SMILES string of the molecule is CCn1cc(C(=O)O)c(=O)c2cc(F)c(N3CCN(C(=S)N[C@H](CCCC(=O)OC)C(=O)OC)CC3)cc21. The van der Waals surface area contributed by atoms with Gasteiger partial charge in [-0.1, -0.05) is 0 Å². The number of aromatic nitrogens is 1. The van der Waals surface area contributed by atoms with Crippen LogP contribution in [-0.2, 0) is 25.6 Å². The number of hydrogen-bond donors (Lipinski definition) is 2. The Bertz CT molecular complexity index is 1290. The first-order valence-electron chi connectivity index (χ1n) is 12.2. The van der Waals surface area contributed by atoms with E-state index < -0.39 is 34.8 Å². The summed E-state index contributed by atoms with van der Waals surface area (Å²) in [7, 11) is 2.58. The van der Waals surface area contributed by atoms with Crippen molar-refractivity contribution in [1.82, 2.24) is 14.8 Å². The number of piperazine rings is 1. The molecular formula is C25H31FN4O7S. The van der Waals surface area contributed by atoms with Gasteiger partial charge in [-0.05, 0) is 44.1 Å². The minimum absolute atomic E-state index is 0.0121. The van der Waals surface area contributed by atoms with Crippen molar-refractivity contribution in [3.8, 4) is 0 Å². The summed E-state index contributed by atoms with van der Waals surface area (Å²) in [4.78, 5) is 51.3. The summed E-state index contributed by atoms with van der Waals surface area (Å²) < 4.78 is 26.2. The molecule has 1 saturated heterocycles. The molecule has 0 saturated carbocycles. The lowest BCUT2D eigenvalue weighted by Gasteiger charge is -2.38. The van der Waals surface area contributed by atoms with Crippen LogP contribution in [0.15, 0.2) is 23.1 Å². The molecule has 0 unspecified atom stereocenters. The lowest BCUT2D eigenvalue weighted by atomic mass is 10.1. The number of anilines is 1. The van der Waals surface area contributed by atoms with Crippen molar-refractivity contribution in [3.05, 3.63) is 39.9 Å². The van der Waals surface area contributed by atoms with E-state index >= 15 is 4.39 Å². The highest BCUT2D eigenvalue weighted by atomic mass is 32.1. The molecule has 1 aliphatic heterocycles. The molecule has 1 fully saturated rings. The number of pyridine rings is 1. The molecule has 2 heterocycles. The highest BCUT2D eigenvalue weighted by Crippen LogP contribution is 2.26. The Hall–Kier alpha value is -3.74. The van der Waals surface area contributed by atoms with E-state index in [0.717, 1.165) is 6.07 Å². The molecule has 1 aromatic heterocycles.